The highest BCUT2D eigenvalue weighted by Crippen LogP contribution is 2.45. The number of aromatic nitrogens is 2. The van der Waals surface area contributed by atoms with Gasteiger partial charge in [-0.1, -0.05) is 29.8 Å². The fourth-order valence-corrected chi connectivity index (χ4v) is 5.52. The van der Waals surface area contributed by atoms with Crippen LogP contribution in [0.5, 0.6) is 0 Å². The number of para-hydroxylation sites is 1. The highest BCUT2D eigenvalue weighted by molar-refractivity contribution is 6.30. The Labute approximate surface area is 221 Å². The van der Waals surface area contributed by atoms with E-state index in [2.05, 4.69) is 15.3 Å². The van der Waals surface area contributed by atoms with Crippen LogP contribution in [-0.2, 0) is 10.4 Å². The zero-order valence-electron chi connectivity index (χ0n) is 20.1. The molecule has 1 atom stereocenters. The van der Waals surface area contributed by atoms with Gasteiger partial charge in [0.05, 0.1) is 22.5 Å². The van der Waals surface area contributed by atoms with Crippen molar-refractivity contribution in [3.05, 3.63) is 88.2 Å². The molecule has 11 heteroatoms. The third-order valence-electron chi connectivity index (χ3n) is 7.26. The number of aliphatic hydroxyl groups is 1. The van der Waals surface area contributed by atoms with E-state index in [0.717, 1.165) is 12.4 Å². The van der Waals surface area contributed by atoms with Crippen LogP contribution in [0.25, 0.3) is 0 Å². The van der Waals surface area contributed by atoms with Gasteiger partial charge in [-0.3, -0.25) is 19.6 Å². The first kappa shape index (κ1) is 26.1. The van der Waals surface area contributed by atoms with Crippen molar-refractivity contribution in [1.29, 1.82) is 0 Å². The summed E-state index contributed by atoms with van der Waals surface area (Å²) in [5, 5.41) is 14.4. The molecule has 7 nitrogen and oxygen atoms in total. The Morgan fingerprint density at radius 2 is 1.89 bits per heavy atom. The molecule has 1 aromatic carbocycles. The van der Waals surface area contributed by atoms with Crippen LogP contribution in [0.3, 0.4) is 0 Å². The summed E-state index contributed by atoms with van der Waals surface area (Å²) in [6, 6.07) is 9.00. The lowest BCUT2D eigenvalue weighted by Crippen LogP contribution is -2.45. The molecule has 38 heavy (non-hydrogen) atoms. The summed E-state index contributed by atoms with van der Waals surface area (Å²) in [5.41, 5.74) is -2.37. The number of halogens is 4. The third-order valence-corrected chi connectivity index (χ3v) is 7.47. The summed E-state index contributed by atoms with van der Waals surface area (Å²) < 4.78 is 41.2. The first-order chi connectivity index (χ1) is 18.2. The van der Waals surface area contributed by atoms with Crippen LogP contribution in [-0.4, -0.2) is 39.5 Å². The molecule has 3 aromatic rings. The zero-order valence-corrected chi connectivity index (χ0v) is 20.8. The molecule has 1 saturated carbocycles. The molecule has 2 aromatic heterocycles. The van der Waals surface area contributed by atoms with Crippen molar-refractivity contribution in [2.45, 2.75) is 43.8 Å². The van der Waals surface area contributed by atoms with E-state index in [1.165, 1.54) is 23.2 Å². The maximum Gasteiger partial charge on any atom is 0.281 e. The summed E-state index contributed by atoms with van der Waals surface area (Å²) in [5.74, 6) is -2.02. The molecule has 0 bridgehead atoms. The number of pyridine rings is 2. The number of fused-ring (bicyclic) bond motifs is 1. The standard InChI is InChI=1S/C27H24ClF3N4O3/c28-16-11-18(23(24(30)31)33-12-16)25(36)34-17-7-5-15(6-8-17)14-35-22-4-2-1-3-20(22)27(38,26(35)37)19-9-10-32-13-21(19)29/h1-4,9-13,15,17,24,38H,5-8,14H2,(H,34,36)/t15-,17-,27?. The van der Waals surface area contributed by atoms with E-state index in [0.29, 0.717) is 43.5 Å². The van der Waals surface area contributed by atoms with E-state index < -0.39 is 35.4 Å². The maximum atomic E-state index is 14.6. The van der Waals surface area contributed by atoms with E-state index in [1.54, 1.807) is 24.3 Å². The lowest BCUT2D eigenvalue weighted by molar-refractivity contribution is -0.132. The van der Waals surface area contributed by atoms with Gasteiger partial charge in [0.15, 0.2) is 5.60 Å². The number of anilines is 1. The van der Waals surface area contributed by atoms with Crippen LogP contribution in [0.4, 0.5) is 18.9 Å². The molecule has 1 aliphatic heterocycles. The smallest absolute Gasteiger partial charge is 0.281 e. The molecular weight excluding hydrogens is 521 g/mol. The summed E-state index contributed by atoms with van der Waals surface area (Å²) in [4.78, 5) is 35.1. The number of alkyl halides is 2. The van der Waals surface area contributed by atoms with Gasteiger partial charge in [0.2, 0.25) is 0 Å². The van der Waals surface area contributed by atoms with Crippen molar-refractivity contribution >= 4 is 29.1 Å². The largest absolute Gasteiger partial charge is 0.372 e. The minimum atomic E-state index is -2.91. The Hall–Kier alpha value is -3.50. The number of carbonyl (C=O) groups is 2. The minimum Gasteiger partial charge on any atom is -0.372 e. The Kier molecular flexibility index (Phi) is 7.11. The average Bonchev–Trinajstić information content (AvgIpc) is 3.12. The Bertz CT molecular complexity index is 1380. The zero-order chi connectivity index (χ0) is 27.0. The molecule has 1 aliphatic carbocycles. The molecule has 1 fully saturated rings. The van der Waals surface area contributed by atoms with Crippen molar-refractivity contribution in [3.8, 4) is 0 Å². The fraction of sp³-hybridized carbons (Fsp3) is 0.333. The third kappa shape index (κ3) is 4.63. The van der Waals surface area contributed by atoms with Gasteiger partial charge >= 0.3 is 0 Å². The molecular formula is C27H24ClF3N4O3. The summed E-state index contributed by atoms with van der Waals surface area (Å²) in [6.07, 6.45) is 2.89. The van der Waals surface area contributed by atoms with Crippen LogP contribution in [0.2, 0.25) is 5.02 Å². The summed E-state index contributed by atoms with van der Waals surface area (Å²) >= 11 is 5.86. The van der Waals surface area contributed by atoms with E-state index in [-0.39, 0.29) is 28.1 Å². The van der Waals surface area contributed by atoms with Gasteiger partial charge in [0, 0.05) is 36.1 Å². The van der Waals surface area contributed by atoms with E-state index in [9.17, 15) is 27.9 Å². The normalized spacial score (nSPS) is 23.0. The Balaban J connectivity index is 1.27. The van der Waals surface area contributed by atoms with Gasteiger partial charge in [-0.05, 0) is 49.8 Å². The molecule has 2 N–H and O–H groups in total. The van der Waals surface area contributed by atoms with Crippen LogP contribution in [0.15, 0.2) is 55.0 Å². The maximum absolute atomic E-state index is 14.6. The van der Waals surface area contributed by atoms with Gasteiger partial charge < -0.3 is 15.3 Å². The van der Waals surface area contributed by atoms with Crippen LogP contribution in [0.1, 0.15) is 59.3 Å². The number of hydrogen-bond donors (Lipinski definition) is 2. The van der Waals surface area contributed by atoms with Gasteiger partial charge in [-0.25, -0.2) is 13.2 Å². The number of amides is 2. The van der Waals surface area contributed by atoms with Crippen molar-refractivity contribution in [1.82, 2.24) is 15.3 Å². The number of benzene rings is 1. The molecule has 3 heterocycles. The van der Waals surface area contributed by atoms with Gasteiger partial charge in [0.25, 0.3) is 18.2 Å². The topological polar surface area (TPSA) is 95.4 Å². The number of nitrogens with one attached hydrogen (secondary N) is 1. The Morgan fingerprint density at radius 3 is 2.61 bits per heavy atom. The summed E-state index contributed by atoms with van der Waals surface area (Å²) in [6.45, 7) is 0.305. The molecule has 5 rings (SSSR count). The minimum absolute atomic E-state index is 0.0502. The SMILES string of the molecule is O=C(N[C@H]1CC[C@H](CN2C(=O)C(O)(c3ccncc3F)c3ccccc32)CC1)c1cc(Cl)cnc1C(F)F. The predicted octanol–water partition coefficient (Wildman–Crippen LogP) is 4.78. The highest BCUT2D eigenvalue weighted by atomic mass is 35.5. The fourth-order valence-electron chi connectivity index (χ4n) is 5.36. The van der Waals surface area contributed by atoms with Crippen molar-refractivity contribution in [3.63, 3.8) is 0 Å². The van der Waals surface area contributed by atoms with Crippen molar-refractivity contribution in [2.24, 2.45) is 5.92 Å². The van der Waals surface area contributed by atoms with E-state index >= 15 is 0 Å². The molecule has 2 aliphatic rings. The Morgan fingerprint density at radius 1 is 1.16 bits per heavy atom. The molecule has 0 saturated heterocycles. The van der Waals surface area contributed by atoms with Crippen LogP contribution < -0.4 is 10.2 Å². The number of carbonyl (C=O) groups excluding carboxylic acids is 2. The average molecular weight is 545 g/mol. The van der Waals surface area contributed by atoms with Gasteiger partial charge in [-0.15, -0.1) is 0 Å². The van der Waals surface area contributed by atoms with E-state index in [4.69, 9.17) is 11.6 Å². The molecule has 0 spiro atoms. The lowest BCUT2D eigenvalue weighted by atomic mass is 9.85. The first-order valence-corrected chi connectivity index (χ1v) is 12.6. The second kappa shape index (κ2) is 10.3. The molecule has 1 unspecified atom stereocenters. The highest BCUT2D eigenvalue weighted by Gasteiger charge is 2.52. The lowest BCUT2D eigenvalue weighted by Gasteiger charge is -2.32. The summed E-state index contributed by atoms with van der Waals surface area (Å²) in [7, 11) is 0. The number of hydrogen-bond acceptors (Lipinski definition) is 5. The predicted molar refractivity (Wildman–Crippen MR) is 133 cm³/mol. The second-order valence-corrected chi connectivity index (χ2v) is 10.0. The number of rotatable bonds is 6. The van der Waals surface area contributed by atoms with Crippen molar-refractivity contribution < 1.29 is 27.9 Å². The quantitative estimate of drug-likeness (QED) is 0.466. The monoisotopic (exact) mass is 544 g/mol. The molecule has 198 valence electrons. The molecule has 2 amide bonds. The van der Waals surface area contributed by atoms with Gasteiger partial charge in [-0.2, -0.15) is 0 Å². The van der Waals surface area contributed by atoms with Crippen molar-refractivity contribution in [2.75, 3.05) is 11.4 Å². The first-order valence-electron chi connectivity index (χ1n) is 12.2. The van der Waals surface area contributed by atoms with Gasteiger partial charge in [0.1, 0.15) is 11.5 Å². The molecule has 0 radical (unpaired) electrons. The number of nitrogens with zero attached hydrogens (tertiary/aromatic N) is 3. The second-order valence-electron chi connectivity index (χ2n) is 9.58. The van der Waals surface area contributed by atoms with Crippen LogP contribution in [0, 0.1) is 11.7 Å². The van der Waals surface area contributed by atoms with E-state index in [1.807, 2.05) is 0 Å². The van der Waals surface area contributed by atoms with Crippen LogP contribution >= 0.6 is 11.6 Å².